The molecule has 4 heteroatoms. The van der Waals surface area contributed by atoms with Crippen LogP contribution in [0.4, 0.5) is 0 Å². The summed E-state index contributed by atoms with van der Waals surface area (Å²) >= 11 is 0. The zero-order chi connectivity index (χ0) is 14.4. The van der Waals surface area contributed by atoms with Crippen LogP contribution in [-0.2, 0) is 9.53 Å². The molecule has 0 spiro atoms. The lowest BCUT2D eigenvalue weighted by Gasteiger charge is -2.19. The van der Waals surface area contributed by atoms with Crippen molar-refractivity contribution in [2.75, 3.05) is 19.6 Å². The fraction of sp³-hybridized carbons (Fsp3) is 0.929. The van der Waals surface area contributed by atoms with Gasteiger partial charge in [-0.25, -0.2) is 0 Å². The van der Waals surface area contributed by atoms with E-state index in [-0.39, 0.29) is 11.6 Å². The minimum absolute atomic E-state index is 0.177. The zero-order valence-electron chi connectivity index (χ0n) is 12.8. The molecule has 18 heavy (non-hydrogen) atoms. The third kappa shape index (κ3) is 20.8. The Morgan fingerprint density at radius 2 is 1.72 bits per heavy atom. The van der Waals surface area contributed by atoms with Crippen LogP contribution in [0.1, 0.15) is 60.3 Å². The van der Waals surface area contributed by atoms with Crippen molar-refractivity contribution in [3.63, 3.8) is 0 Å². The fourth-order valence-electron chi connectivity index (χ4n) is 1.07. The normalized spacial score (nSPS) is 10.6. The molecule has 4 nitrogen and oxygen atoms in total. The Labute approximate surface area is 113 Å². The highest BCUT2D eigenvalue weighted by atomic mass is 16.6. The number of nitrogens with one attached hydrogen (secondary N) is 1. The lowest BCUT2D eigenvalue weighted by molar-refractivity contribution is -0.153. The van der Waals surface area contributed by atoms with Gasteiger partial charge in [-0.05, 0) is 46.7 Å². The summed E-state index contributed by atoms with van der Waals surface area (Å²) in [6.07, 6.45) is 4.63. The van der Waals surface area contributed by atoms with Crippen molar-refractivity contribution in [2.45, 2.75) is 65.9 Å². The van der Waals surface area contributed by atoms with Crippen LogP contribution in [0.2, 0.25) is 0 Å². The van der Waals surface area contributed by atoms with Gasteiger partial charge in [-0.1, -0.05) is 26.7 Å². The van der Waals surface area contributed by atoms with Crippen LogP contribution in [0.15, 0.2) is 0 Å². The van der Waals surface area contributed by atoms with E-state index in [4.69, 9.17) is 10.5 Å². The average molecular weight is 260 g/mol. The van der Waals surface area contributed by atoms with Crippen LogP contribution in [0.5, 0.6) is 0 Å². The Morgan fingerprint density at radius 3 is 2.06 bits per heavy atom. The maximum atomic E-state index is 11.1. The highest BCUT2D eigenvalue weighted by Gasteiger charge is 2.15. The van der Waals surface area contributed by atoms with E-state index in [0.717, 1.165) is 25.9 Å². The summed E-state index contributed by atoms with van der Waals surface area (Å²) in [5.41, 5.74) is 4.77. The third-order valence-corrected chi connectivity index (χ3v) is 1.95. The molecule has 3 N–H and O–H groups in total. The predicted octanol–water partition coefficient (Wildman–Crippen LogP) is 2.46. The molecular weight excluding hydrogens is 228 g/mol. The van der Waals surface area contributed by atoms with E-state index in [0.29, 0.717) is 6.54 Å². The van der Waals surface area contributed by atoms with Crippen molar-refractivity contribution < 1.29 is 9.53 Å². The number of hydrogen-bond acceptors (Lipinski definition) is 4. The first-order valence-corrected chi connectivity index (χ1v) is 7.00. The largest absolute Gasteiger partial charge is 0.459 e. The molecule has 0 aromatic rings. The van der Waals surface area contributed by atoms with Gasteiger partial charge in [0.1, 0.15) is 5.60 Å². The lowest BCUT2D eigenvalue weighted by Crippen LogP contribution is -2.31. The van der Waals surface area contributed by atoms with Crippen molar-refractivity contribution in [1.82, 2.24) is 5.32 Å². The van der Waals surface area contributed by atoms with Gasteiger partial charge in [-0.3, -0.25) is 4.79 Å². The minimum atomic E-state index is -0.372. The molecule has 0 aromatic heterocycles. The van der Waals surface area contributed by atoms with E-state index in [2.05, 4.69) is 19.2 Å². The van der Waals surface area contributed by atoms with Gasteiger partial charge in [0.25, 0.3) is 0 Å². The van der Waals surface area contributed by atoms with E-state index < -0.39 is 0 Å². The molecule has 0 saturated carbocycles. The zero-order valence-corrected chi connectivity index (χ0v) is 12.8. The molecule has 0 bridgehead atoms. The van der Waals surface area contributed by atoms with E-state index in [1.807, 2.05) is 20.8 Å². The Balaban J connectivity index is 0. The van der Waals surface area contributed by atoms with Crippen molar-refractivity contribution in [2.24, 2.45) is 5.73 Å². The first-order chi connectivity index (χ1) is 8.37. The van der Waals surface area contributed by atoms with E-state index >= 15 is 0 Å². The van der Waals surface area contributed by atoms with Gasteiger partial charge in [0.2, 0.25) is 0 Å². The number of esters is 1. The second kappa shape index (κ2) is 12.8. The Bertz CT molecular complexity index is 187. The molecule has 0 rings (SSSR count). The monoisotopic (exact) mass is 260 g/mol. The number of unbranched alkanes of at least 4 members (excludes halogenated alkanes) is 2. The second-order valence-electron chi connectivity index (χ2n) is 5.26. The number of nitrogens with two attached hydrogens (primary N) is 1. The minimum Gasteiger partial charge on any atom is -0.459 e. The van der Waals surface area contributed by atoms with Gasteiger partial charge in [0.15, 0.2) is 0 Å². The highest BCUT2D eigenvalue weighted by molar-refractivity contribution is 5.72. The Morgan fingerprint density at radius 1 is 1.17 bits per heavy atom. The highest BCUT2D eigenvalue weighted by Crippen LogP contribution is 2.05. The van der Waals surface area contributed by atoms with Crippen molar-refractivity contribution in [3.05, 3.63) is 0 Å². The molecule has 0 fully saturated rings. The van der Waals surface area contributed by atoms with E-state index in [9.17, 15) is 4.79 Å². The van der Waals surface area contributed by atoms with Crippen LogP contribution < -0.4 is 11.1 Å². The van der Waals surface area contributed by atoms with E-state index in [1.54, 1.807) is 0 Å². The molecular formula is C14H32N2O2. The molecule has 0 aliphatic carbocycles. The standard InChI is InChI=1S/C10H21NO2.C4H11N/c1-5-6-7-11-8-9(12)13-10(2,3)4;1-2-3-4-5/h11H,5-8H2,1-4H3;2-5H2,1H3. The summed E-state index contributed by atoms with van der Waals surface area (Å²) < 4.78 is 5.12. The molecule has 0 aromatic carbocycles. The smallest absolute Gasteiger partial charge is 0.320 e. The van der Waals surface area contributed by atoms with Gasteiger partial charge < -0.3 is 15.8 Å². The molecule has 0 atom stereocenters. The maximum absolute atomic E-state index is 11.1. The summed E-state index contributed by atoms with van der Waals surface area (Å²) in [6, 6.07) is 0. The van der Waals surface area contributed by atoms with E-state index in [1.165, 1.54) is 12.8 Å². The molecule has 0 amide bonds. The molecule has 0 radical (unpaired) electrons. The second-order valence-corrected chi connectivity index (χ2v) is 5.26. The number of hydrogen-bond donors (Lipinski definition) is 2. The first-order valence-electron chi connectivity index (χ1n) is 7.00. The number of carbonyl (C=O) groups is 1. The topological polar surface area (TPSA) is 64.3 Å². The number of ether oxygens (including phenoxy) is 1. The summed E-state index contributed by atoms with van der Waals surface area (Å²) in [5, 5.41) is 3.03. The van der Waals surface area contributed by atoms with Crippen LogP contribution in [0.3, 0.4) is 0 Å². The molecule has 0 unspecified atom stereocenters. The van der Waals surface area contributed by atoms with Gasteiger partial charge in [-0.15, -0.1) is 0 Å². The van der Waals surface area contributed by atoms with Crippen molar-refractivity contribution >= 4 is 5.97 Å². The summed E-state index contributed by atoms with van der Waals surface area (Å²) in [5.74, 6) is -0.177. The maximum Gasteiger partial charge on any atom is 0.320 e. The summed E-state index contributed by atoms with van der Waals surface area (Å²) in [6.45, 7) is 11.9. The van der Waals surface area contributed by atoms with Crippen LogP contribution in [-0.4, -0.2) is 31.2 Å². The average Bonchev–Trinajstić information content (AvgIpc) is 2.24. The quantitative estimate of drug-likeness (QED) is 0.545. The lowest BCUT2D eigenvalue weighted by atomic mass is 10.2. The number of carbonyl (C=O) groups excluding carboxylic acids is 1. The van der Waals surface area contributed by atoms with Gasteiger partial charge in [0.05, 0.1) is 6.54 Å². The first kappa shape index (κ1) is 19.7. The predicted molar refractivity (Wildman–Crippen MR) is 77.6 cm³/mol. The summed E-state index contributed by atoms with van der Waals surface area (Å²) in [4.78, 5) is 11.1. The third-order valence-electron chi connectivity index (χ3n) is 1.95. The summed E-state index contributed by atoms with van der Waals surface area (Å²) in [7, 11) is 0. The Kier molecular flexibility index (Phi) is 14.1. The van der Waals surface area contributed by atoms with Crippen molar-refractivity contribution in [3.8, 4) is 0 Å². The van der Waals surface area contributed by atoms with Crippen molar-refractivity contribution in [1.29, 1.82) is 0 Å². The SMILES string of the molecule is CCCCN.CCCCNCC(=O)OC(C)(C)C. The molecule has 0 heterocycles. The molecule has 110 valence electrons. The van der Waals surface area contributed by atoms with Gasteiger partial charge in [-0.2, -0.15) is 0 Å². The number of rotatable bonds is 7. The van der Waals surface area contributed by atoms with Crippen LogP contribution >= 0.6 is 0 Å². The van der Waals surface area contributed by atoms with Gasteiger partial charge in [0, 0.05) is 0 Å². The van der Waals surface area contributed by atoms with Crippen LogP contribution in [0.25, 0.3) is 0 Å². The molecule has 0 saturated heterocycles. The van der Waals surface area contributed by atoms with Crippen LogP contribution in [0, 0.1) is 0 Å². The molecule has 0 aliphatic rings. The fourth-order valence-corrected chi connectivity index (χ4v) is 1.07. The Hall–Kier alpha value is -0.610. The van der Waals surface area contributed by atoms with Gasteiger partial charge >= 0.3 is 5.97 Å². The molecule has 0 aliphatic heterocycles.